The molecule has 0 saturated carbocycles. The summed E-state index contributed by atoms with van der Waals surface area (Å²) in [6, 6.07) is 0. The van der Waals surface area contributed by atoms with Gasteiger partial charge in [-0.15, -0.1) is 0 Å². The van der Waals surface area contributed by atoms with Crippen LogP contribution in [-0.4, -0.2) is 26.0 Å². The molecule has 0 aliphatic rings. The van der Waals surface area contributed by atoms with E-state index in [1.54, 1.807) is 13.8 Å². The minimum atomic E-state index is -4.66. The van der Waals surface area contributed by atoms with Gasteiger partial charge in [0, 0.05) is 0 Å². The van der Waals surface area contributed by atoms with Crippen LogP contribution in [0.15, 0.2) is 0 Å². The van der Waals surface area contributed by atoms with Crippen LogP contribution in [0, 0.1) is 10.8 Å². The maximum atomic E-state index is 10.4. The van der Waals surface area contributed by atoms with E-state index in [1.807, 2.05) is 41.5 Å². The van der Waals surface area contributed by atoms with Gasteiger partial charge in [0.05, 0.1) is 0 Å². The van der Waals surface area contributed by atoms with E-state index in [4.69, 9.17) is 0 Å². The molecule has 0 saturated heterocycles. The monoisotopic (exact) mass is 252 g/mol. The van der Waals surface area contributed by atoms with E-state index in [1.165, 1.54) is 0 Å². The first kappa shape index (κ1) is 16.3. The van der Waals surface area contributed by atoms with Crippen LogP contribution in [0.3, 0.4) is 0 Å². The van der Waals surface area contributed by atoms with E-state index in [0.29, 0.717) is 0 Å². The van der Waals surface area contributed by atoms with Gasteiger partial charge in [0.25, 0.3) is 0 Å². The zero-order valence-electron chi connectivity index (χ0n) is 11.9. The van der Waals surface area contributed by atoms with Crippen LogP contribution in [0.4, 0.5) is 0 Å². The van der Waals surface area contributed by atoms with E-state index in [9.17, 15) is 14.7 Å². The molecular formula is C12H29O3P. The van der Waals surface area contributed by atoms with E-state index in [0.717, 1.165) is 0 Å². The van der Waals surface area contributed by atoms with E-state index in [-0.39, 0.29) is 10.8 Å². The topological polar surface area (TPSA) is 60.7 Å². The van der Waals surface area contributed by atoms with Gasteiger partial charge in [-0.1, -0.05) is 0 Å². The third kappa shape index (κ3) is 3.16. The molecule has 3 nitrogen and oxygen atoms in total. The summed E-state index contributed by atoms with van der Waals surface area (Å²) in [6.45, 7) is 14.9. The summed E-state index contributed by atoms with van der Waals surface area (Å²) in [7, 11) is -4.66. The van der Waals surface area contributed by atoms with Crippen LogP contribution >= 0.6 is 7.28 Å². The molecule has 0 spiro atoms. The minimum absolute atomic E-state index is 0.338. The number of hydrogen-bond acceptors (Lipinski definition) is 3. The molecule has 0 radical (unpaired) electrons. The standard InChI is InChI=1S/C12H29O3P/c1-9(11(3,4)5)16(13,14,15)10(2)12(6,7)8/h9-10,13-15H,1-8H3. The summed E-state index contributed by atoms with van der Waals surface area (Å²) in [4.78, 5) is 31.3. The van der Waals surface area contributed by atoms with Crippen molar-refractivity contribution >= 4 is 7.28 Å². The van der Waals surface area contributed by atoms with Crippen LogP contribution in [0.25, 0.3) is 0 Å². The van der Waals surface area contributed by atoms with Crippen molar-refractivity contribution in [2.75, 3.05) is 0 Å². The first-order valence-electron chi connectivity index (χ1n) is 5.85. The van der Waals surface area contributed by atoms with E-state index >= 15 is 0 Å². The van der Waals surface area contributed by atoms with Crippen molar-refractivity contribution in [3.05, 3.63) is 0 Å². The molecule has 100 valence electrons. The summed E-state index contributed by atoms with van der Waals surface area (Å²) < 4.78 is 0. The Kier molecular flexibility index (Phi) is 3.99. The summed E-state index contributed by atoms with van der Waals surface area (Å²) in [5.41, 5.74) is -1.74. The molecule has 2 unspecified atom stereocenters. The predicted octanol–water partition coefficient (Wildman–Crippen LogP) is 3.13. The molecule has 0 aromatic carbocycles. The van der Waals surface area contributed by atoms with Gasteiger partial charge in [0.1, 0.15) is 0 Å². The zero-order chi connectivity index (χ0) is 13.6. The molecule has 0 aliphatic heterocycles. The van der Waals surface area contributed by atoms with Crippen molar-refractivity contribution in [1.29, 1.82) is 0 Å². The molecule has 0 aromatic rings. The molecule has 0 rings (SSSR count). The molecule has 3 N–H and O–H groups in total. The predicted molar refractivity (Wildman–Crippen MR) is 71.4 cm³/mol. The normalized spacial score (nSPS) is 21.1. The maximum absolute atomic E-state index is 10.4. The zero-order valence-corrected chi connectivity index (χ0v) is 12.8. The molecule has 0 heterocycles. The Bertz CT molecular complexity index is 228. The fourth-order valence-electron chi connectivity index (χ4n) is 1.82. The Morgan fingerprint density at radius 3 is 1.00 bits per heavy atom. The van der Waals surface area contributed by atoms with Crippen LogP contribution in [0.2, 0.25) is 0 Å². The number of rotatable bonds is 2. The van der Waals surface area contributed by atoms with Gasteiger partial charge in [-0.25, -0.2) is 0 Å². The third-order valence-corrected chi connectivity index (χ3v) is 8.52. The summed E-state index contributed by atoms with van der Waals surface area (Å²) in [5, 5.41) is 0. The quantitative estimate of drug-likeness (QED) is 0.662. The molecule has 0 aliphatic carbocycles. The van der Waals surface area contributed by atoms with Crippen molar-refractivity contribution in [2.24, 2.45) is 10.8 Å². The van der Waals surface area contributed by atoms with Gasteiger partial charge in [0.15, 0.2) is 0 Å². The van der Waals surface area contributed by atoms with Gasteiger partial charge in [0.2, 0.25) is 0 Å². The van der Waals surface area contributed by atoms with Crippen LogP contribution < -0.4 is 0 Å². The van der Waals surface area contributed by atoms with Gasteiger partial charge < -0.3 is 0 Å². The first-order chi connectivity index (χ1) is 6.59. The molecule has 4 heteroatoms. The van der Waals surface area contributed by atoms with Crippen molar-refractivity contribution in [2.45, 2.75) is 66.7 Å². The summed E-state index contributed by atoms with van der Waals surface area (Å²) >= 11 is 0. The average Bonchev–Trinajstić information content (AvgIpc) is 1.97. The molecule has 2 atom stereocenters. The van der Waals surface area contributed by atoms with Crippen LogP contribution in [-0.2, 0) is 0 Å². The Morgan fingerprint density at radius 2 is 0.875 bits per heavy atom. The molecule has 0 aromatic heterocycles. The van der Waals surface area contributed by atoms with Crippen molar-refractivity contribution in [1.82, 2.24) is 0 Å². The van der Waals surface area contributed by atoms with Gasteiger partial charge in [-0.2, -0.15) is 0 Å². The fraction of sp³-hybridized carbons (Fsp3) is 1.00. The Labute approximate surface area is 100 Å². The Balaban J connectivity index is 5.43. The molecule has 16 heavy (non-hydrogen) atoms. The fourth-order valence-corrected chi connectivity index (χ4v) is 5.47. The van der Waals surface area contributed by atoms with Crippen molar-refractivity contribution in [3.8, 4) is 0 Å². The summed E-state index contributed by atoms with van der Waals surface area (Å²) in [6.07, 6.45) is 0. The second-order valence-electron chi connectivity index (χ2n) is 7.19. The van der Waals surface area contributed by atoms with Crippen molar-refractivity contribution in [3.63, 3.8) is 0 Å². The van der Waals surface area contributed by atoms with Crippen LogP contribution in [0.5, 0.6) is 0 Å². The summed E-state index contributed by atoms with van der Waals surface area (Å²) in [5.74, 6) is 0. The van der Waals surface area contributed by atoms with Gasteiger partial charge in [-0.05, 0) is 0 Å². The van der Waals surface area contributed by atoms with E-state index < -0.39 is 18.6 Å². The average molecular weight is 252 g/mol. The third-order valence-electron chi connectivity index (χ3n) is 3.99. The molecular weight excluding hydrogens is 223 g/mol. The SMILES string of the molecule is CC(C(C)(C)C)P(O)(O)(O)C(C)C(C)(C)C. The van der Waals surface area contributed by atoms with Gasteiger partial charge in [-0.3, -0.25) is 0 Å². The van der Waals surface area contributed by atoms with E-state index in [2.05, 4.69) is 0 Å². The second kappa shape index (κ2) is 3.91. The molecule has 0 fully saturated rings. The first-order valence-corrected chi connectivity index (χ1v) is 8.08. The molecule has 0 amide bonds. The second-order valence-corrected chi connectivity index (χ2v) is 11.0. The van der Waals surface area contributed by atoms with Crippen molar-refractivity contribution < 1.29 is 14.7 Å². The number of hydrogen-bond donors (Lipinski definition) is 3. The molecule has 0 bridgehead atoms. The van der Waals surface area contributed by atoms with Gasteiger partial charge >= 0.3 is 99.5 Å². The van der Waals surface area contributed by atoms with Crippen LogP contribution in [0.1, 0.15) is 55.4 Å². The Morgan fingerprint density at radius 1 is 0.688 bits per heavy atom. The Hall–Kier alpha value is 0.310.